The van der Waals surface area contributed by atoms with Gasteiger partial charge in [-0.25, -0.2) is 8.42 Å². The summed E-state index contributed by atoms with van der Waals surface area (Å²) in [6.45, 7) is 3.43. The van der Waals surface area contributed by atoms with E-state index in [4.69, 9.17) is 9.47 Å². The number of methoxy groups -OCH3 is 1. The quantitative estimate of drug-likeness (QED) is 0.488. The molecule has 0 aromatic heterocycles. The van der Waals surface area contributed by atoms with Crippen LogP contribution in [0.15, 0.2) is 77.7 Å². The predicted molar refractivity (Wildman–Crippen MR) is 141 cm³/mol. The molecule has 0 bridgehead atoms. The Bertz CT molecular complexity index is 1340. The van der Waals surface area contributed by atoms with Crippen LogP contribution in [0.1, 0.15) is 24.0 Å². The maximum absolute atomic E-state index is 13.5. The lowest BCUT2D eigenvalue weighted by molar-refractivity contribution is -0.127. The van der Waals surface area contributed by atoms with Gasteiger partial charge < -0.3 is 14.8 Å². The van der Waals surface area contributed by atoms with Crippen molar-refractivity contribution >= 4 is 21.6 Å². The predicted octanol–water partition coefficient (Wildman–Crippen LogP) is 3.56. The van der Waals surface area contributed by atoms with Crippen molar-refractivity contribution in [3.8, 4) is 11.5 Å². The lowest BCUT2D eigenvalue weighted by Crippen LogP contribution is -2.50. The first-order valence-corrected chi connectivity index (χ1v) is 13.9. The summed E-state index contributed by atoms with van der Waals surface area (Å²) >= 11 is 0. The second-order valence-electron chi connectivity index (χ2n) is 9.30. The second-order valence-corrected chi connectivity index (χ2v) is 11.2. The average molecular weight is 522 g/mol. The van der Waals surface area contributed by atoms with Crippen LogP contribution in [0.4, 0.5) is 5.69 Å². The zero-order valence-corrected chi connectivity index (χ0v) is 21.6. The Morgan fingerprint density at radius 3 is 2.35 bits per heavy atom. The van der Waals surface area contributed by atoms with Gasteiger partial charge in [-0.3, -0.25) is 14.0 Å². The number of likely N-dealkylation sites (tertiary alicyclic amines) is 1. The summed E-state index contributed by atoms with van der Waals surface area (Å²) in [5.41, 5.74) is 2.62. The fraction of sp³-hybridized carbons (Fsp3) is 0.321. The first kappa shape index (κ1) is 25.1. The van der Waals surface area contributed by atoms with Crippen molar-refractivity contribution in [2.75, 3.05) is 31.0 Å². The van der Waals surface area contributed by atoms with Gasteiger partial charge in [-0.15, -0.1) is 0 Å². The van der Waals surface area contributed by atoms with E-state index in [1.165, 1.54) is 42.0 Å². The van der Waals surface area contributed by atoms with Crippen LogP contribution < -0.4 is 19.1 Å². The van der Waals surface area contributed by atoms with Crippen molar-refractivity contribution < 1.29 is 22.7 Å². The van der Waals surface area contributed by atoms with E-state index in [1.807, 2.05) is 12.1 Å². The fourth-order valence-electron chi connectivity index (χ4n) is 4.71. The standard InChI is InChI=1S/C28H31N3O5S/c1-35-23-12-14-24(15-13-23)37(33,34)31-20-27(36-26-7-3-2-6-25(26)31)28(32)29-18-21-8-10-22(11-9-21)19-30-16-4-5-17-30/h2-3,6-15,27H,4-5,16-20H2,1H3,(H,29,32)/t27-/m1/s1. The summed E-state index contributed by atoms with van der Waals surface area (Å²) in [4.78, 5) is 15.6. The zero-order valence-electron chi connectivity index (χ0n) is 20.8. The number of para-hydroxylation sites is 2. The van der Waals surface area contributed by atoms with Gasteiger partial charge in [0, 0.05) is 13.1 Å². The molecular weight excluding hydrogens is 490 g/mol. The maximum atomic E-state index is 13.5. The zero-order chi connectivity index (χ0) is 25.8. The van der Waals surface area contributed by atoms with Gasteiger partial charge in [0.25, 0.3) is 15.9 Å². The third-order valence-corrected chi connectivity index (χ3v) is 8.56. The highest BCUT2D eigenvalue weighted by atomic mass is 32.2. The number of rotatable bonds is 8. The normalized spacial score (nSPS) is 17.6. The van der Waals surface area contributed by atoms with Crippen LogP contribution >= 0.6 is 0 Å². The molecule has 1 amide bonds. The number of hydrogen-bond donors (Lipinski definition) is 1. The third-order valence-electron chi connectivity index (χ3n) is 6.77. The van der Waals surface area contributed by atoms with Crippen molar-refractivity contribution in [3.05, 3.63) is 83.9 Å². The Morgan fingerprint density at radius 1 is 0.973 bits per heavy atom. The van der Waals surface area contributed by atoms with Crippen LogP contribution in [-0.4, -0.2) is 52.1 Å². The summed E-state index contributed by atoms with van der Waals surface area (Å²) in [7, 11) is -2.41. The van der Waals surface area contributed by atoms with Crippen molar-refractivity contribution in [2.24, 2.45) is 0 Å². The molecule has 1 fully saturated rings. The molecule has 3 aromatic rings. The lowest BCUT2D eigenvalue weighted by Gasteiger charge is -2.34. The number of fused-ring (bicyclic) bond motifs is 1. The van der Waals surface area contributed by atoms with Crippen LogP contribution in [0.25, 0.3) is 0 Å². The van der Waals surface area contributed by atoms with Gasteiger partial charge in [0.05, 0.1) is 24.2 Å². The Balaban J connectivity index is 1.28. The molecule has 194 valence electrons. The first-order chi connectivity index (χ1) is 17.9. The van der Waals surface area contributed by atoms with E-state index >= 15 is 0 Å². The molecule has 1 atom stereocenters. The third kappa shape index (κ3) is 5.57. The van der Waals surface area contributed by atoms with Crippen molar-refractivity contribution in [1.82, 2.24) is 10.2 Å². The molecule has 0 unspecified atom stereocenters. The Hall–Kier alpha value is -3.56. The van der Waals surface area contributed by atoms with E-state index in [-0.39, 0.29) is 17.3 Å². The molecule has 9 heteroatoms. The highest BCUT2D eigenvalue weighted by Crippen LogP contribution is 2.37. The minimum atomic E-state index is -3.94. The van der Waals surface area contributed by atoms with Crippen molar-refractivity contribution in [2.45, 2.75) is 36.9 Å². The number of nitrogens with one attached hydrogen (secondary N) is 1. The number of amides is 1. The number of nitrogens with zero attached hydrogens (tertiary/aromatic N) is 2. The molecule has 8 nitrogen and oxygen atoms in total. The minimum Gasteiger partial charge on any atom is -0.497 e. The summed E-state index contributed by atoms with van der Waals surface area (Å²) < 4.78 is 39.4. The molecule has 2 aliphatic rings. The van der Waals surface area contributed by atoms with Gasteiger partial charge in [0.2, 0.25) is 0 Å². The highest BCUT2D eigenvalue weighted by molar-refractivity contribution is 7.92. The molecule has 0 spiro atoms. The van der Waals surface area contributed by atoms with E-state index in [0.717, 1.165) is 25.2 Å². The number of benzene rings is 3. The lowest BCUT2D eigenvalue weighted by atomic mass is 10.1. The van der Waals surface area contributed by atoms with Crippen molar-refractivity contribution in [1.29, 1.82) is 0 Å². The summed E-state index contributed by atoms with van der Waals surface area (Å²) in [6.07, 6.45) is 1.53. The van der Waals surface area contributed by atoms with Crippen LogP contribution in [0.3, 0.4) is 0 Å². The fourth-order valence-corrected chi connectivity index (χ4v) is 6.18. The molecule has 1 saturated heterocycles. The Labute approximate surface area is 217 Å². The molecule has 0 saturated carbocycles. The summed E-state index contributed by atoms with van der Waals surface area (Å²) in [5, 5.41) is 2.91. The van der Waals surface area contributed by atoms with Gasteiger partial charge in [-0.05, 0) is 73.5 Å². The number of ether oxygens (including phenoxy) is 2. The van der Waals surface area contributed by atoms with E-state index in [1.54, 1.807) is 36.4 Å². The summed E-state index contributed by atoms with van der Waals surface area (Å²) in [5.74, 6) is 0.533. The minimum absolute atomic E-state index is 0.109. The smallest absolute Gasteiger partial charge is 0.264 e. The van der Waals surface area contributed by atoms with Gasteiger partial charge in [0.1, 0.15) is 11.5 Å². The SMILES string of the molecule is COc1ccc(S(=O)(=O)N2C[C@H](C(=O)NCc3ccc(CN4CCCC4)cc3)Oc3ccccc32)cc1. The number of anilines is 1. The molecule has 5 rings (SSSR count). The molecule has 3 aromatic carbocycles. The maximum Gasteiger partial charge on any atom is 0.264 e. The average Bonchev–Trinajstić information content (AvgIpc) is 3.45. The van der Waals surface area contributed by atoms with E-state index < -0.39 is 16.1 Å². The molecule has 2 heterocycles. The number of carbonyl (C=O) groups excluding carboxylic acids is 1. The van der Waals surface area contributed by atoms with Gasteiger partial charge in [-0.1, -0.05) is 36.4 Å². The van der Waals surface area contributed by atoms with Crippen LogP contribution in [-0.2, 0) is 27.9 Å². The molecule has 0 radical (unpaired) electrons. The number of hydrogen-bond acceptors (Lipinski definition) is 6. The molecule has 2 aliphatic heterocycles. The van der Waals surface area contributed by atoms with E-state index in [2.05, 4.69) is 22.3 Å². The van der Waals surface area contributed by atoms with E-state index in [0.29, 0.717) is 23.7 Å². The highest BCUT2D eigenvalue weighted by Gasteiger charge is 2.37. The first-order valence-electron chi connectivity index (χ1n) is 12.4. The van der Waals surface area contributed by atoms with Crippen LogP contribution in [0, 0.1) is 0 Å². The number of carbonyl (C=O) groups is 1. The molecular formula is C28H31N3O5S. The van der Waals surface area contributed by atoms with Crippen LogP contribution in [0.2, 0.25) is 0 Å². The van der Waals surface area contributed by atoms with Gasteiger partial charge in [-0.2, -0.15) is 0 Å². The van der Waals surface area contributed by atoms with Gasteiger partial charge >= 0.3 is 0 Å². The van der Waals surface area contributed by atoms with Gasteiger partial charge in [0.15, 0.2) is 6.10 Å². The Morgan fingerprint density at radius 2 is 1.65 bits per heavy atom. The molecule has 37 heavy (non-hydrogen) atoms. The van der Waals surface area contributed by atoms with Crippen molar-refractivity contribution in [3.63, 3.8) is 0 Å². The largest absolute Gasteiger partial charge is 0.497 e. The van der Waals surface area contributed by atoms with Crippen LogP contribution in [0.5, 0.6) is 11.5 Å². The Kier molecular flexibility index (Phi) is 7.34. The summed E-state index contributed by atoms with van der Waals surface area (Å²) in [6, 6.07) is 21.2. The molecule has 0 aliphatic carbocycles. The monoisotopic (exact) mass is 521 g/mol. The van der Waals surface area contributed by atoms with E-state index in [9.17, 15) is 13.2 Å². The molecule has 1 N–H and O–H groups in total. The number of sulfonamides is 1. The topological polar surface area (TPSA) is 88.2 Å². The second kappa shape index (κ2) is 10.8.